The molecule has 0 heterocycles. The smallest absolute Gasteiger partial charge is 0.255 e. The normalized spacial score (nSPS) is 10.8. The van der Waals surface area contributed by atoms with Gasteiger partial charge in [-0.3, -0.25) is 9.59 Å². The van der Waals surface area contributed by atoms with Gasteiger partial charge in [0.05, 0.1) is 30.8 Å². The average molecular weight is 373 g/mol. The van der Waals surface area contributed by atoms with Crippen LogP contribution in [0.15, 0.2) is 16.6 Å². The van der Waals surface area contributed by atoms with Crippen LogP contribution in [0.2, 0.25) is 0 Å². The third kappa shape index (κ3) is 5.22. The Morgan fingerprint density at radius 1 is 1.18 bits per heavy atom. The molecule has 2 N–H and O–H groups in total. The fourth-order valence-corrected chi connectivity index (χ4v) is 2.38. The summed E-state index contributed by atoms with van der Waals surface area (Å²) in [4.78, 5) is 24.0. The fraction of sp³-hybridized carbons (Fsp3) is 0.467. The molecule has 0 saturated heterocycles. The monoisotopic (exact) mass is 372 g/mol. The van der Waals surface area contributed by atoms with Crippen LogP contribution in [0.4, 0.5) is 0 Å². The molecule has 122 valence electrons. The molecule has 1 aromatic carbocycles. The molecule has 0 aliphatic heterocycles. The van der Waals surface area contributed by atoms with E-state index in [4.69, 9.17) is 9.47 Å². The van der Waals surface area contributed by atoms with Crippen LogP contribution in [0.1, 0.15) is 31.1 Å². The number of nitrogens with one attached hydrogen (secondary N) is 2. The van der Waals surface area contributed by atoms with Gasteiger partial charge in [0, 0.05) is 5.54 Å². The second kappa shape index (κ2) is 7.49. The van der Waals surface area contributed by atoms with Crippen molar-refractivity contribution in [1.29, 1.82) is 0 Å². The first-order valence-corrected chi connectivity index (χ1v) is 7.48. The molecule has 0 bridgehead atoms. The third-order valence-electron chi connectivity index (χ3n) is 2.63. The minimum Gasteiger partial charge on any atom is -0.497 e. The minimum absolute atomic E-state index is 0.117. The highest BCUT2D eigenvalue weighted by atomic mass is 79.9. The molecule has 0 saturated carbocycles. The number of rotatable bonds is 5. The zero-order chi connectivity index (χ0) is 16.9. The maximum Gasteiger partial charge on any atom is 0.255 e. The molecule has 0 aliphatic rings. The van der Waals surface area contributed by atoms with Gasteiger partial charge in [-0.05, 0) is 48.8 Å². The van der Waals surface area contributed by atoms with E-state index in [-0.39, 0.29) is 23.6 Å². The van der Waals surface area contributed by atoms with Crippen LogP contribution >= 0.6 is 15.9 Å². The highest BCUT2D eigenvalue weighted by molar-refractivity contribution is 9.10. The van der Waals surface area contributed by atoms with Gasteiger partial charge in [0.15, 0.2) is 0 Å². The van der Waals surface area contributed by atoms with Crippen molar-refractivity contribution < 1.29 is 19.1 Å². The molecule has 0 unspecified atom stereocenters. The van der Waals surface area contributed by atoms with Crippen molar-refractivity contribution in [2.24, 2.45) is 0 Å². The molecular formula is C15H21BrN2O4. The molecular weight excluding hydrogens is 352 g/mol. The lowest BCUT2D eigenvalue weighted by Gasteiger charge is -2.20. The summed E-state index contributed by atoms with van der Waals surface area (Å²) in [6, 6.07) is 3.25. The average Bonchev–Trinajstić information content (AvgIpc) is 2.41. The standard InChI is InChI=1S/C15H21BrN2O4/c1-15(2,3)18-12(19)8-17-14(20)10-6-9(21-4)7-11(16)13(10)22-5/h6-7H,8H2,1-5H3,(H,17,20)(H,18,19). The Morgan fingerprint density at radius 3 is 2.32 bits per heavy atom. The summed E-state index contributed by atoms with van der Waals surface area (Å²) >= 11 is 3.32. The predicted octanol–water partition coefficient (Wildman–Crippen LogP) is 2.11. The summed E-state index contributed by atoms with van der Waals surface area (Å²) in [5.41, 5.74) is -0.0596. The largest absolute Gasteiger partial charge is 0.497 e. The first kappa shape index (κ1) is 18.3. The highest BCUT2D eigenvalue weighted by Crippen LogP contribution is 2.33. The van der Waals surface area contributed by atoms with Gasteiger partial charge in [0.2, 0.25) is 5.91 Å². The zero-order valence-electron chi connectivity index (χ0n) is 13.4. The van der Waals surface area contributed by atoms with E-state index in [1.165, 1.54) is 14.2 Å². The van der Waals surface area contributed by atoms with Crippen LogP contribution in [-0.4, -0.2) is 38.1 Å². The number of carbonyl (C=O) groups is 2. The van der Waals surface area contributed by atoms with Crippen molar-refractivity contribution in [1.82, 2.24) is 10.6 Å². The molecule has 1 rings (SSSR count). The van der Waals surface area contributed by atoms with Gasteiger partial charge < -0.3 is 20.1 Å². The molecule has 6 nitrogen and oxygen atoms in total. The van der Waals surface area contributed by atoms with Crippen LogP contribution in [0.25, 0.3) is 0 Å². The van der Waals surface area contributed by atoms with Gasteiger partial charge in [-0.25, -0.2) is 0 Å². The lowest BCUT2D eigenvalue weighted by Crippen LogP contribution is -2.45. The molecule has 1 aromatic rings. The maximum absolute atomic E-state index is 12.3. The van der Waals surface area contributed by atoms with Gasteiger partial charge in [-0.15, -0.1) is 0 Å². The first-order valence-electron chi connectivity index (χ1n) is 6.68. The Hall–Kier alpha value is -1.76. The van der Waals surface area contributed by atoms with Gasteiger partial charge >= 0.3 is 0 Å². The van der Waals surface area contributed by atoms with Crippen LogP contribution in [-0.2, 0) is 4.79 Å². The summed E-state index contributed by atoms with van der Waals surface area (Å²) in [6.45, 7) is 5.49. The topological polar surface area (TPSA) is 76.7 Å². The van der Waals surface area contributed by atoms with Gasteiger partial charge in [0.1, 0.15) is 11.5 Å². The number of benzene rings is 1. The number of methoxy groups -OCH3 is 2. The van der Waals surface area contributed by atoms with Gasteiger partial charge in [0.25, 0.3) is 5.91 Å². The molecule has 22 heavy (non-hydrogen) atoms. The summed E-state index contributed by atoms with van der Waals surface area (Å²) < 4.78 is 10.9. The van der Waals surface area contributed by atoms with E-state index in [1.807, 2.05) is 20.8 Å². The van der Waals surface area contributed by atoms with E-state index in [0.717, 1.165) is 0 Å². The molecule has 7 heteroatoms. The second-order valence-corrected chi connectivity index (χ2v) is 6.53. The maximum atomic E-state index is 12.3. The number of amides is 2. The lowest BCUT2D eigenvalue weighted by atomic mass is 10.1. The van der Waals surface area contributed by atoms with Crippen molar-refractivity contribution in [3.05, 3.63) is 22.2 Å². The van der Waals surface area contributed by atoms with E-state index >= 15 is 0 Å². The highest BCUT2D eigenvalue weighted by Gasteiger charge is 2.19. The summed E-state index contributed by atoms with van der Waals surface area (Å²) in [5.74, 6) is 0.216. The summed E-state index contributed by atoms with van der Waals surface area (Å²) in [6.07, 6.45) is 0. The van der Waals surface area contributed by atoms with Crippen molar-refractivity contribution in [3.8, 4) is 11.5 Å². The van der Waals surface area contributed by atoms with Crippen LogP contribution < -0.4 is 20.1 Å². The predicted molar refractivity (Wildman–Crippen MR) is 87.5 cm³/mol. The van der Waals surface area contributed by atoms with E-state index in [9.17, 15) is 9.59 Å². The van der Waals surface area contributed by atoms with Crippen molar-refractivity contribution in [2.75, 3.05) is 20.8 Å². The van der Waals surface area contributed by atoms with E-state index in [0.29, 0.717) is 16.0 Å². The van der Waals surface area contributed by atoms with Crippen molar-refractivity contribution in [2.45, 2.75) is 26.3 Å². The Labute approximate surface area is 138 Å². The molecule has 0 aromatic heterocycles. The van der Waals surface area contributed by atoms with Crippen LogP contribution in [0, 0.1) is 0 Å². The molecule has 0 aliphatic carbocycles. The van der Waals surface area contributed by atoms with Crippen molar-refractivity contribution in [3.63, 3.8) is 0 Å². The number of hydrogen-bond donors (Lipinski definition) is 2. The number of halogens is 1. The van der Waals surface area contributed by atoms with Crippen LogP contribution in [0.3, 0.4) is 0 Å². The Bertz CT molecular complexity index is 567. The number of carbonyl (C=O) groups excluding carboxylic acids is 2. The minimum atomic E-state index is -0.416. The molecule has 0 radical (unpaired) electrons. The zero-order valence-corrected chi connectivity index (χ0v) is 15.0. The molecule has 0 atom stereocenters. The Balaban J connectivity index is 2.85. The lowest BCUT2D eigenvalue weighted by molar-refractivity contribution is -0.121. The van der Waals surface area contributed by atoms with Crippen LogP contribution in [0.5, 0.6) is 11.5 Å². The van der Waals surface area contributed by atoms with Gasteiger partial charge in [-0.2, -0.15) is 0 Å². The summed E-state index contributed by atoms with van der Waals surface area (Å²) in [7, 11) is 2.97. The fourth-order valence-electron chi connectivity index (χ4n) is 1.78. The molecule has 0 fully saturated rings. The SMILES string of the molecule is COc1cc(Br)c(OC)c(C(=O)NCC(=O)NC(C)(C)C)c1. The van der Waals surface area contributed by atoms with Gasteiger partial charge in [-0.1, -0.05) is 0 Å². The summed E-state index contributed by atoms with van der Waals surface area (Å²) in [5, 5.41) is 5.34. The number of ether oxygens (including phenoxy) is 2. The van der Waals surface area contributed by atoms with E-state index in [2.05, 4.69) is 26.6 Å². The first-order chi connectivity index (χ1) is 10.2. The quantitative estimate of drug-likeness (QED) is 0.829. The van der Waals surface area contributed by atoms with Crippen molar-refractivity contribution >= 4 is 27.7 Å². The molecule has 0 spiro atoms. The number of hydrogen-bond acceptors (Lipinski definition) is 4. The third-order valence-corrected chi connectivity index (χ3v) is 3.21. The van der Waals surface area contributed by atoms with E-state index < -0.39 is 5.91 Å². The Kier molecular flexibility index (Phi) is 6.22. The second-order valence-electron chi connectivity index (χ2n) is 5.67. The molecule has 2 amide bonds. The van der Waals surface area contributed by atoms with E-state index in [1.54, 1.807) is 12.1 Å². The Morgan fingerprint density at radius 2 is 1.82 bits per heavy atom.